The van der Waals surface area contributed by atoms with Gasteiger partial charge in [-0.05, 0) is 24.8 Å². The molecule has 0 saturated carbocycles. The minimum atomic E-state index is -0.904. The second-order valence-electron chi connectivity index (χ2n) is 5.15. The zero-order valence-corrected chi connectivity index (χ0v) is 11.8. The van der Waals surface area contributed by atoms with E-state index >= 15 is 0 Å². The van der Waals surface area contributed by atoms with E-state index in [9.17, 15) is 9.59 Å². The van der Waals surface area contributed by atoms with Crippen LogP contribution in [0.15, 0.2) is 11.6 Å². The maximum absolute atomic E-state index is 11.2. The lowest BCUT2D eigenvalue weighted by Gasteiger charge is -2.30. The van der Waals surface area contributed by atoms with Gasteiger partial charge in [-0.1, -0.05) is 20.3 Å². The first-order chi connectivity index (χ1) is 8.93. The summed E-state index contributed by atoms with van der Waals surface area (Å²) in [5.41, 5.74) is 0.371. The Morgan fingerprint density at radius 3 is 2.79 bits per heavy atom. The summed E-state index contributed by atoms with van der Waals surface area (Å²) in [5, 5.41) is 11.9. The minimum absolute atomic E-state index is 0.116. The highest BCUT2D eigenvalue weighted by molar-refractivity contribution is 5.87. The Morgan fingerprint density at radius 1 is 1.58 bits per heavy atom. The van der Waals surface area contributed by atoms with E-state index in [0.29, 0.717) is 30.9 Å². The molecule has 0 aliphatic heterocycles. The number of rotatable bonds is 6. The molecule has 1 unspecified atom stereocenters. The number of aliphatic carboxylic acids is 1. The van der Waals surface area contributed by atoms with Crippen LogP contribution in [0.2, 0.25) is 0 Å². The number of amides is 1. The number of carbonyl (C=O) groups excluding carboxylic acids is 1. The van der Waals surface area contributed by atoms with Crippen LogP contribution in [0.4, 0.5) is 0 Å². The van der Waals surface area contributed by atoms with Crippen LogP contribution < -0.4 is 5.32 Å². The van der Waals surface area contributed by atoms with Crippen molar-refractivity contribution in [3.63, 3.8) is 0 Å². The lowest BCUT2D eigenvalue weighted by Crippen LogP contribution is -2.45. The molecule has 0 aromatic rings. The highest BCUT2D eigenvalue weighted by Gasteiger charge is 2.28. The van der Waals surface area contributed by atoms with Crippen LogP contribution in [0.25, 0.3) is 0 Å². The van der Waals surface area contributed by atoms with E-state index in [4.69, 9.17) is 9.84 Å². The predicted molar refractivity (Wildman–Crippen MR) is 71.8 cm³/mol. The summed E-state index contributed by atoms with van der Waals surface area (Å²) in [6.45, 7) is 6.19. The van der Waals surface area contributed by atoms with Gasteiger partial charge in [-0.15, -0.1) is 0 Å². The molecule has 0 bridgehead atoms. The van der Waals surface area contributed by atoms with Crippen molar-refractivity contribution in [2.45, 2.75) is 52.2 Å². The largest absolute Gasteiger partial charge is 0.478 e. The van der Waals surface area contributed by atoms with Crippen molar-refractivity contribution < 1.29 is 19.4 Å². The molecule has 19 heavy (non-hydrogen) atoms. The second kappa shape index (κ2) is 7.28. The summed E-state index contributed by atoms with van der Waals surface area (Å²) in [7, 11) is 0. The highest BCUT2D eigenvalue weighted by atomic mass is 16.5. The molecule has 108 valence electrons. The van der Waals surface area contributed by atoms with E-state index in [2.05, 4.69) is 19.2 Å². The fourth-order valence-corrected chi connectivity index (χ4v) is 2.02. The monoisotopic (exact) mass is 269 g/mol. The summed E-state index contributed by atoms with van der Waals surface area (Å²) in [6, 6.07) is -0.135. The van der Waals surface area contributed by atoms with Crippen LogP contribution in [0.3, 0.4) is 0 Å². The lowest BCUT2D eigenvalue weighted by atomic mass is 9.92. The summed E-state index contributed by atoms with van der Waals surface area (Å²) in [6.07, 6.45) is 3.35. The summed E-state index contributed by atoms with van der Waals surface area (Å²) >= 11 is 0. The SMILES string of the molecule is CCC(C)CO[C@@H]1C=C(C(=O)O)CC[C@H]1NC(C)=O. The maximum atomic E-state index is 11.2. The average molecular weight is 269 g/mol. The first-order valence-corrected chi connectivity index (χ1v) is 6.76. The normalized spacial score (nSPS) is 24.5. The molecule has 5 nitrogen and oxygen atoms in total. The van der Waals surface area contributed by atoms with Crippen molar-refractivity contribution in [3.05, 3.63) is 11.6 Å². The van der Waals surface area contributed by atoms with Crippen molar-refractivity contribution in [1.82, 2.24) is 5.32 Å². The Bertz CT molecular complexity index is 364. The number of ether oxygens (including phenoxy) is 1. The maximum Gasteiger partial charge on any atom is 0.331 e. The molecule has 0 heterocycles. The van der Waals surface area contributed by atoms with Crippen LogP contribution in [0.5, 0.6) is 0 Å². The van der Waals surface area contributed by atoms with Crippen LogP contribution >= 0.6 is 0 Å². The molecule has 1 aliphatic rings. The molecule has 1 rings (SSSR count). The number of hydrogen-bond donors (Lipinski definition) is 2. The Morgan fingerprint density at radius 2 is 2.26 bits per heavy atom. The van der Waals surface area contributed by atoms with Crippen molar-refractivity contribution >= 4 is 11.9 Å². The van der Waals surface area contributed by atoms with Crippen molar-refractivity contribution in [1.29, 1.82) is 0 Å². The van der Waals surface area contributed by atoms with Gasteiger partial charge in [0.15, 0.2) is 0 Å². The highest BCUT2D eigenvalue weighted by Crippen LogP contribution is 2.22. The molecule has 0 fully saturated rings. The van der Waals surface area contributed by atoms with Crippen molar-refractivity contribution in [3.8, 4) is 0 Å². The quantitative estimate of drug-likeness (QED) is 0.770. The Hall–Kier alpha value is -1.36. The lowest BCUT2D eigenvalue weighted by molar-refractivity contribution is -0.133. The molecule has 1 amide bonds. The number of hydrogen-bond acceptors (Lipinski definition) is 3. The first-order valence-electron chi connectivity index (χ1n) is 6.76. The van der Waals surface area contributed by atoms with Gasteiger partial charge in [0.05, 0.1) is 18.8 Å². The molecule has 1 aliphatic carbocycles. The van der Waals surface area contributed by atoms with Gasteiger partial charge < -0.3 is 15.2 Å². The average Bonchev–Trinajstić information content (AvgIpc) is 2.36. The molecule has 0 radical (unpaired) electrons. The van der Waals surface area contributed by atoms with Gasteiger partial charge in [-0.3, -0.25) is 4.79 Å². The molecular weight excluding hydrogens is 246 g/mol. The van der Waals surface area contributed by atoms with Crippen molar-refractivity contribution in [2.75, 3.05) is 6.61 Å². The van der Waals surface area contributed by atoms with E-state index < -0.39 is 5.97 Å². The fourth-order valence-electron chi connectivity index (χ4n) is 2.02. The summed E-state index contributed by atoms with van der Waals surface area (Å²) in [5.74, 6) is -0.602. The van der Waals surface area contributed by atoms with Crippen LogP contribution in [-0.4, -0.2) is 35.7 Å². The molecular formula is C14H23NO4. The van der Waals surface area contributed by atoms with E-state index in [1.54, 1.807) is 6.08 Å². The third kappa shape index (κ3) is 5.03. The predicted octanol–water partition coefficient (Wildman–Crippen LogP) is 1.73. The number of carboxylic acids is 1. The molecule has 5 heteroatoms. The Kier molecular flexibility index (Phi) is 6.02. The summed E-state index contributed by atoms with van der Waals surface area (Å²) < 4.78 is 5.78. The van der Waals surface area contributed by atoms with E-state index in [0.717, 1.165) is 6.42 Å². The molecule has 2 N–H and O–H groups in total. The van der Waals surface area contributed by atoms with E-state index in [1.807, 2.05) is 0 Å². The zero-order chi connectivity index (χ0) is 14.4. The molecule has 0 saturated heterocycles. The van der Waals surface area contributed by atoms with E-state index in [1.165, 1.54) is 6.92 Å². The van der Waals surface area contributed by atoms with Crippen LogP contribution in [0.1, 0.15) is 40.0 Å². The Balaban J connectivity index is 2.72. The third-order valence-electron chi connectivity index (χ3n) is 3.42. The first kappa shape index (κ1) is 15.7. The molecule has 0 spiro atoms. The van der Waals surface area contributed by atoms with Gasteiger partial charge in [0.25, 0.3) is 0 Å². The number of carboxylic acid groups (broad SMARTS) is 1. The van der Waals surface area contributed by atoms with Gasteiger partial charge in [0, 0.05) is 12.5 Å². The number of nitrogens with one attached hydrogen (secondary N) is 1. The molecule has 3 atom stereocenters. The standard InChI is InChI=1S/C14H23NO4/c1-4-9(2)8-19-13-7-11(14(17)18)5-6-12(13)15-10(3)16/h7,9,12-13H,4-6,8H2,1-3H3,(H,15,16)(H,17,18)/t9?,12-,13-/m1/s1. The fraction of sp³-hybridized carbons (Fsp3) is 0.714. The van der Waals surface area contributed by atoms with Crippen LogP contribution in [-0.2, 0) is 14.3 Å². The van der Waals surface area contributed by atoms with Gasteiger partial charge in [-0.2, -0.15) is 0 Å². The number of carbonyl (C=O) groups is 2. The molecule has 0 aromatic carbocycles. The topological polar surface area (TPSA) is 75.6 Å². The summed E-state index contributed by atoms with van der Waals surface area (Å²) in [4.78, 5) is 22.2. The zero-order valence-electron chi connectivity index (χ0n) is 11.8. The van der Waals surface area contributed by atoms with E-state index in [-0.39, 0.29) is 18.1 Å². The van der Waals surface area contributed by atoms with Gasteiger partial charge in [-0.25, -0.2) is 4.79 Å². The molecule has 0 aromatic heterocycles. The van der Waals surface area contributed by atoms with Gasteiger partial charge in [0.2, 0.25) is 5.91 Å². The minimum Gasteiger partial charge on any atom is -0.478 e. The Labute approximate surface area is 114 Å². The smallest absolute Gasteiger partial charge is 0.331 e. The van der Waals surface area contributed by atoms with Gasteiger partial charge >= 0.3 is 5.97 Å². The second-order valence-corrected chi connectivity index (χ2v) is 5.15. The van der Waals surface area contributed by atoms with Crippen molar-refractivity contribution in [2.24, 2.45) is 5.92 Å². The third-order valence-corrected chi connectivity index (χ3v) is 3.42. The van der Waals surface area contributed by atoms with Crippen LogP contribution in [0, 0.1) is 5.92 Å². The van der Waals surface area contributed by atoms with Gasteiger partial charge in [0.1, 0.15) is 0 Å².